The first kappa shape index (κ1) is 13.5. The van der Waals surface area contributed by atoms with Crippen molar-refractivity contribution < 1.29 is 5.11 Å². The molecule has 0 radical (unpaired) electrons. The molecular weight excluding hydrogens is 298 g/mol. The molecular formula is C10H15BrClNOS. The Bertz CT molecular complexity index is 299. The zero-order valence-electron chi connectivity index (χ0n) is 8.76. The lowest BCUT2D eigenvalue weighted by atomic mass is 10.1. The largest absolute Gasteiger partial charge is 0.396 e. The van der Waals surface area contributed by atoms with Crippen LogP contribution in [0.1, 0.15) is 18.7 Å². The third kappa shape index (κ3) is 4.04. The van der Waals surface area contributed by atoms with Gasteiger partial charge in [-0.25, -0.2) is 0 Å². The molecule has 15 heavy (non-hydrogen) atoms. The molecule has 2 atom stereocenters. The van der Waals surface area contributed by atoms with Crippen LogP contribution in [0.25, 0.3) is 0 Å². The Morgan fingerprint density at radius 3 is 2.73 bits per heavy atom. The number of aliphatic hydroxyl groups is 1. The molecule has 0 spiro atoms. The van der Waals surface area contributed by atoms with E-state index < -0.39 is 0 Å². The molecule has 0 bridgehead atoms. The summed E-state index contributed by atoms with van der Waals surface area (Å²) in [5.41, 5.74) is 0. The molecule has 0 aliphatic carbocycles. The molecule has 1 aromatic heterocycles. The second-order valence-corrected chi connectivity index (χ2v) is 6.26. The van der Waals surface area contributed by atoms with Crippen molar-refractivity contribution >= 4 is 38.9 Å². The highest BCUT2D eigenvalue weighted by atomic mass is 79.9. The highest BCUT2D eigenvalue weighted by Crippen LogP contribution is 2.31. The minimum Gasteiger partial charge on any atom is -0.396 e. The molecule has 2 nitrogen and oxygen atoms in total. The fraction of sp³-hybridized carbons (Fsp3) is 0.600. The molecule has 0 saturated carbocycles. The number of aliphatic hydroxyl groups excluding tert-OH is 1. The Labute approximate surface area is 108 Å². The number of nitrogens with one attached hydrogen (secondary N) is 1. The molecule has 1 heterocycles. The van der Waals surface area contributed by atoms with Crippen LogP contribution in [0.2, 0.25) is 4.34 Å². The second kappa shape index (κ2) is 6.21. The van der Waals surface area contributed by atoms with Gasteiger partial charge in [0.1, 0.15) is 4.34 Å². The highest BCUT2D eigenvalue weighted by Gasteiger charge is 2.11. The van der Waals surface area contributed by atoms with Gasteiger partial charge in [0.05, 0.1) is 0 Å². The fourth-order valence-corrected chi connectivity index (χ4v) is 2.84. The molecule has 0 aliphatic heterocycles. The third-order valence-electron chi connectivity index (χ3n) is 2.44. The Kier molecular flexibility index (Phi) is 5.57. The first-order valence-corrected chi connectivity index (χ1v) is 6.81. The van der Waals surface area contributed by atoms with Crippen LogP contribution in [-0.2, 0) is 6.54 Å². The summed E-state index contributed by atoms with van der Waals surface area (Å²) >= 11 is 10.9. The lowest BCUT2D eigenvalue weighted by Crippen LogP contribution is -2.33. The minimum atomic E-state index is 0.211. The molecule has 0 amide bonds. The summed E-state index contributed by atoms with van der Waals surface area (Å²) in [5.74, 6) is 0.267. The standard InChI is InChI=1S/C10H15BrClNOS/c1-6(5-14)7(2)13-4-8-3-9(11)10(12)15-8/h3,6-7,13-14H,4-5H2,1-2H3. The third-order valence-corrected chi connectivity index (χ3v) is 4.91. The molecule has 2 unspecified atom stereocenters. The first-order chi connectivity index (χ1) is 7.04. The van der Waals surface area contributed by atoms with E-state index in [1.807, 2.05) is 13.0 Å². The lowest BCUT2D eigenvalue weighted by Gasteiger charge is -2.18. The van der Waals surface area contributed by atoms with Gasteiger partial charge in [0.2, 0.25) is 0 Å². The van der Waals surface area contributed by atoms with Gasteiger partial charge in [-0.2, -0.15) is 0 Å². The lowest BCUT2D eigenvalue weighted by molar-refractivity contribution is 0.207. The molecule has 0 aromatic carbocycles. The molecule has 0 fully saturated rings. The van der Waals surface area contributed by atoms with Crippen LogP contribution >= 0.6 is 38.9 Å². The molecule has 1 rings (SSSR count). The van der Waals surface area contributed by atoms with Crippen LogP contribution < -0.4 is 5.32 Å². The zero-order chi connectivity index (χ0) is 11.4. The van der Waals surface area contributed by atoms with Gasteiger partial charge < -0.3 is 10.4 Å². The van der Waals surface area contributed by atoms with E-state index in [2.05, 4.69) is 28.2 Å². The maximum atomic E-state index is 8.98. The van der Waals surface area contributed by atoms with Gasteiger partial charge in [0.15, 0.2) is 0 Å². The number of hydrogen-bond acceptors (Lipinski definition) is 3. The van der Waals surface area contributed by atoms with E-state index in [0.717, 1.165) is 15.4 Å². The Morgan fingerprint density at radius 2 is 2.27 bits per heavy atom. The maximum absolute atomic E-state index is 8.98. The predicted octanol–water partition coefficient (Wildman–Crippen LogP) is 3.27. The quantitative estimate of drug-likeness (QED) is 0.874. The summed E-state index contributed by atoms with van der Waals surface area (Å²) in [5, 5.41) is 12.3. The Hall–Kier alpha value is 0.390. The summed E-state index contributed by atoms with van der Waals surface area (Å²) in [6, 6.07) is 2.32. The van der Waals surface area contributed by atoms with E-state index >= 15 is 0 Å². The van der Waals surface area contributed by atoms with E-state index in [9.17, 15) is 0 Å². The Balaban J connectivity index is 2.43. The number of hydrogen-bond donors (Lipinski definition) is 2. The predicted molar refractivity (Wildman–Crippen MR) is 69.6 cm³/mol. The van der Waals surface area contributed by atoms with Gasteiger partial charge in [0, 0.05) is 28.5 Å². The van der Waals surface area contributed by atoms with Crippen molar-refractivity contribution in [3.05, 3.63) is 19.8 Å². The topological polar surface area (TPSA) is 32.3 Å². The summed E-state index contributed by atoms with van der Waals surface area (Å²) in [7, 11) is 0. The first-order valence-electron chi connectivity index (χ1n) is 4.82. The zero-order valence-corrected chi connectivity index (χ0v) is 11.9. The Morgan fingerprint density at radius 1 is 1.60 bits per heavy atom. The summed E-state index contributed by atoms with van der Waals surface area (Å²) in [4.78, 5) is 1.20. The van der Waals surface area contributed by atoms with Crippen molar-refractivity contribution in [2.24, 2.45) is 5.92 Å². The van der Waals surface area contributed by atoms with Crippen molar-refractivity contribution in [3.63, 3.8) is 0 Å². The summed E-state index contributed by atoms with van der Waals surface area (Å²) in [6.45, 7) is 5.10. The van der Waals surface area contributed by atoms with E-state index in [1.165, 1.54) is 4.88 Å². The van der Waals surface area contributed by atoms with Crippen LogP contribution in [0.5, 0.6) is 0 Å². The van der Waals surface area contributed by atoms with E-state index in [-0.39, 0.29) is 12.5 Å². The molecule has 0 saturated heterocycles. The molecule has 0 aliphatic rings. The van der Waals surface area contributed by atoms with E-state index in [1.54, 1.807) is 11.3 Å². The van der Waals surface area contributed by atoms with Crippen LogP contribution in [-0.4, -0.2) is 17.8 Å². The van der Waals surface area contributed by atoms with Crippen molar-refractivity contribution in [2.45, 2.75) is 26.4 Å². The normalized spacial score (nSPS) is 15.3. The van der Waals surface area contributed by atoms with Crippen LogP contribution in [0, 0.1) is 5.92 Å². The van der Waals surface area contributed by atoms with Crippen LogP contribution in [0.3, 0.4) is 0 Å². The van der Waals surface area contributed by atoms with E-state index in [0.29, 0.717) is 6.04 Å². The minimum absolute atomic E-state index is 0.211. The van der Waals surface area contributed by atoms with Gasteiger partial charge >= 0.3 is 0 Å². The SMILES string of the molecule is CC(CO)C(C)NCc1cc(Br)c(Cl)s1. The van der Waals surface area contributed by atoms with Crippen molar-refractivity contribution in [2.75, 3.05) is 6.61 Å². The molecule has 86 valence electrons. The maximum Gasteiger partial charge on any atom is 0.107 e. The van der Waals surface area contributed by atoms with Gasteiger partial charge in [-0.05, 0) is 34.8 Å². The van der Waals surface area contributed by atoms with Crippen molar-refractivity contribution in [1.82, 2.24) is 5.32 Å². The summed E-state index contributed by atoms with van der Waals surface area (Å²) < 4.78 is 1.74. The monoisotopic (exact) mass is 311 g/mol. The van der Waals surface area contributed by atoms with Gasteiger partial charge in [-0.15, -0.1) is 11.3 Å². The van der Waals surface area contributed by atoms with Gasteiger partial charge in [-0.3, -0.25) is 0 Å². The average Bonchev–Trinajstić information content (AvgIpc) is 2.54. The van der Waals surface area contributed by atoms with Gasteiger partial charge in [0.25, 0.3) is 0 Å². The molecule has 5 heteroatoms. The summed E-state index contributed by atoms with van der Waals surface area (Å²) in [6.07, 6.45) is 0. The number of halogens is 2. The van der Waals surface area contributed by atoms with Crippen molar-refractivity contribution in [3.8, 4) is 0 Å². The highest BCUT2D eigenvalue weighted by molar-refractivity contribution is 9.10. The van der Waals surface area contributed by atoms with Crippen LogP contribution in [0.4, 0.5) is 0 Å². The molecule has 2 N–H and O–H groups in total. The van der Waals surface area contributed by atoms with Gasteiger partial charge in [-0.1, -0.05) is 18.5 Å². The number of thiophene rings is 1. The average molecular weight is 313 g/mol. The second-order valence-electron chi connectivity index (χ2n) is 3.66. The smallest absolute Gasteiger partial charge is 0.107 e. The molecule has 1 aromatic rings. The van der Waals surface area contributed by atoms with E-state index in [4.69, 9.17) is 16.7 Å². The van der Waals surface area contributed by atoms with Crippen LogP contribution in [0.15, 0.2) is 10.5 Å². The van der Waals surface area contributed by atoms with Crippen molar-refractivity contribution in [1.29, 1.82) is 0 Å². The number of rotatable bonds is 5. The fourth-order valence-electron chi connectivity index (χ4n) is 1.10.